The third-order valence-electron chi connectivity index (χ3n) is 3.52. The molecule has 1 aliphatic rings. The molecule has 0 aromatic carbocycles. The molecular formula is C12H17BrN2. The Balaban J connectivity index is 2.26. The number of aromatic nitrogens is 2. The summed E-state index contributed by atoms with van der Waals surface area (Å²) in [5, 5.41) is 0. The number of hydrogen-bond donors (Lipinski definition) is 0. The van der Waals surface area contributed by atoms with Gasteiger partial charge in [0.2, 0.25) is 0 Å². The van der Waals surface area contributed by atoms with E-state index in [1.807, 2.05) is 12.4 Å². The van der Waals surface area contributed by atoms with E-state index in [4.69, 9.17) is 0 Å². The Morgan fingerprint density at radius 1 is 1.33 bits per heavy atom. The van der Waals surface area contributed by atoms with Crippen LogP contribution in [0.4, 0.5) is 0 Å². The molecule has 0 amide bonds. The number of nitrogens with zero attached hydrogens (tertiary/aromatic N) is 2. The Kier molecular flexibility index (Phi) is 3.10. The average molecular weight is 269 g/mol. The molecule has 1 saturated carbocycles. The maximum Gasteiger partial charge on any atom is 0.115 e. The topological polar surface area (TPSA) is 25.8 Å². The molecule has 0 bridgehead atoms. The van der Waals surface area contributed by atoms with Crippen molar-refractivity contribution in [3.8, 4) is 0 Å². The van der Waals surface area contributed by atoms with Gasteiger partial charge >= 0.3 is 0 Å². The minimum absolute atomic E-state index is 0.370. The van der Waals surface area contributed by atoms with Gasteiger partial charge in [-0.15, -0.1) is 0 Å². The lowest BCUT2D eigenvalue weighted by molar-refractivity contribution is 0.205. The van der Waals surface area contributed by atoms with Crippen molar-refractivity contribution in [3.63, 3.8) is 0 Å². The number of rotatable bonds is 1. The number of alkyl halides is 1. The minimum Gasteiger partial charge on any atom is -0.245 e. The number of halogens is 1. The van der Waals surface area contributed by atoms with Gasteiger partial charge in [-0.1, -0.05) is 29.8 Å². The van der Waals surface area contributed by atoms with Crippen molar-refractivity contribution >= 4 is 15.9 Å². The van der Waals surface area contributed by atoms with Crippen molar-refractivity contribution in [2.75, 3.05) is 0 Å². The molecule has 3 heteroatoms. The van der Waals surface area contributed by atoms with E-state index in [9.17, 15) is 0 Å². The first-order valence-corrected chi connectivity index (χ1v) is 6.40. The molecule has 1 heterocycles. The second-order valence-electron chi connectivity index (χ2n) is 5.08. The zero-order valence-corrected chi connectivity index (χ0v) is 10.9. The molecule has 0 aliphatic heterocycles. The van der Waals surface area contributed by atoms with E-state index in [1.54, 1.807) is 6.33 Å². The Hall–Kier alpha value is -0.440. The van der Waals surface area contributed by atoms with E-state index in [0.29, 0.717) is 16.2 Å². The predicted octanol–water partition coefficient (Wildman–Crippen LogP) is 3.53. The standard InChI is InChI=1S/C12H17BrN2/c1-12(2)4-3-10(13)5-11(12)9-6-14-8-15-7-9/h6-8,10-11H,3-5H2,1-2H3. The lowest BCUT2D eigenvalue weighted by Crippen LogP contribution is -2.30. The third-order valence-corrected chi connectivity index (χ3v) is 4.35. The van der Waals surface area contributed by atoms with Crippen LogP contribution in [0.5, 0.6) is 0 Å². The van der Waals surface area contributed by atoms with Gasteiger partial charge in [-0.25, -0.2) is 9.97 Å². The Morgan fingerprint density at radius 2 is 2.00 bits per heavy atom. The second-order valence-corrected chi connectivity index (χ2v) is 6.38. The first-order valence-electron chi connectivity index (χ1n) is 5.48. The van der Waals surface area contributed by atoms with Crippen molar-refractivity contribution in [2.45, 2.75) is 43.9 Å². The van der Waals surface area contributed by atoms with Crippen molar-refractivity contribution in [3.05, 3.63) is 24.3 Å². The molecule has 1 aromatic rings. The first kappa shape index (κ1) is 11.1. The van der Waals surface area contributed by atoms with Gasteiger partial charge in [0.1, 0.15) is 6.33 Å². The molecule has 2 rings (SSSR count). The van der Waals surface area contributed by atoms with Gasteiger partial charge in [0.05, 0.1) is 0 Å². The smallest absolute Gasteiger partial charge is 0.115 e. The molecular weight excluding hydrogens is 252 g/mol. The SMILES string of the molecule is CC1(C)CCC(Br)CC1c1cncnc1. The molecule has 0 N–H and O–H groups in total. The number of hydrogen-bond acceptors (Lipinski definition) is 2. The van der Waals surface area contributed by atoms with Gasteiger partial charge in [0.25, 0.3) is 0 Å². The zero-order chi connectivity index (χ0) is 10.9. The van der Waals surface area contributed by atoms with Crippen LogP contribution in [-0.2, 0) is 0 Å². The fraction of sp³-hybridized carbons (Fsp3) is 0.667. The summed E-state index contributed by atoms with van der Waals surface area (Å²) in [5.74, 6) is 0.580. The van der Waals surface area contributed by atoms with E-state index in [0.717, 1.165) is 0 Å². The van der Waals surface area contributed by atoms with Crippen LogP contribution in [0.1, 0.15) is 44.6 Å². The van der Waals surface area contributed by atoms with Crippen molar-refractivity contribution in [1.29, 1.82) is 0 Å². The highest BCUT2D eigenvalue weighted by Gasteiger charge is 2.36. The van der Waals surface area contributed by atoms with E-state index < -0.39 is 0 Å². The molecule has 82 valence electrons. The average Bonchev–Trinajstić information content (AvgIpc) is 2.23. The highest BCUT2D eigenvalue weighted by Crippen LogP contribution is 2.48. The fourth-order valence-electron chi connectivity index (χ4n) is 2.47. The van der Waals surface area contributed by atoms with Gasteiger partial charge in [0, 0.05) is 17.2 Å². The minimum atomic E-state index is 0.370. The van der Waals surface area contributed by atoms with Crippen LogP contribution in [-0.4, -0.2) is 14.8 Å². The third kappa shape index (κ3) is 2.39. The van der Waals surface area contributed by atoms with Crippen LogP contribution in [0.15, 0.2) is 18.7 Å². The van der Waals surface area contributed by atoms with Crippen molar-refractivity contribution in [2.24, 2.45) is 5.41 Å². The summed E-state index contributed by atoms with van der Waals surface area (Å²) >= 11 is 3.74. The van der Waals surface area contributed by atoms with Crippen LogP contribution in [0.3, 0.4) is 0 Å². The molecule has 1 fully saturated rings. The van der Waals surface area contributed by atoms with Crippen LogP contribution in [0, 0.1) is 5.41 Å². The predicted molar refractivity (Wildman–Crippen MR) is 65.1 cm³/mol. The molecule has 0 saturated heterocycles. The molecule has 0 spiro atoms. The van der Waals surface area contributed by atoms with Gasteiger partial charge in [-0.2, -0.15) is 0 Å². The molecule has 1 aliphatic carbocycles. The summed E-state index contributed by atoms with van der Waals surface area (Å²) in [7, 11) is 0. The Labute approximate surface area is 99.7 Å². The molecule has 2 nitrogen and oxygen atoms in total. The quantitative estimate of drug-likeness (QED) is 0.729. The highest BCUT2D eigenvalue weighted by atomic mass is 79.9. The lowest BCUT2D eigenvalue weighted by atomic mass is 9.66. The summed E-state index contributed by atoms with van der Waals surface area (Å²) in [6, 6.07) is 0. The largest absolute Gasteiger partial charge is 0.245 e. The van der Waals surface area contributed by atoms with Crippen LogP contribution >= 0.6 is 15.9 Å². The lowest BCUT2D eigenvalue weighted by Gasteiger charge is -2.40. The van der Waals surface area contributed by atoms with E-state index in [1.165, 1.54) is 24.8 Å². The molecule has 2 atom stereocenters. The monoisotopic (exact) mass is 268 g/mol. The Bertz CT molecular complexity index is 324. The van der Waals surface area contributed by atoms with Crippen LogP contribution in [0.2, 0.25) is 0 Å². The van der Waals surface area contributed by atoms with Gasteiger partial charge in [-0.3, -0.25) is 0 Å². The summed E-state index contributed by atoms with van der Waals surface area (Å²) in [4.78, 5) is 8.90. The van der Waals surface area contributed by atoms with Crippen molar-refractivity contribution < 1.29 is 0 Å². The molecule has 1 aromatic heterocycles. The van der Waals surface area contributed by atoms with Gasteiger partial charge < -0.3 is 0 Å². The van der Waals surface area contributed by atoms with Crippen LogP contribution < -0.4 is 0 Å². The van der Waals surface area contributed by atoms with Crippen LogP contribution in [0.25, 0.3) is 0 Å². The summed E-state index contributed by atoms with van der Waals surface area (Å²) in [5.41, 5.74) is 1.65. The normalized spacial score (nSPS) is 30.1. The maximum absolute atomic E-state index is 4.12. The van der Waals surface area contributed by atoms with Gasteiger partial charge in [0.15, 0.2) is 0 Å². The molecule has 2 unspecified atom stereocenters. The van der Waals surface area contributed by atoms with E-state index >= 15 is 0 Å². The van der Waals surface area contributed by atoms with E-state index in [2.05, 4.69) is 39.7 Å². The van der Waals surface area contributed by atoms with Gasteiger partial charge in [-0.05, 0) is 36.2 Å². The summed E-state index contributed by atoms with van der Waals surface area (Å²) in [6.45, 7) is 4.70. The summed E-state index contributed by atoms with van der Waals surface area (Å²) in [6.07, 6.45) is 9.26. The van der Waals surface area contributed by atoms with E-state index in [-0.39, 0.29) is 0 Å². The zero-order valence-electron chi connectivity index (χ0n) is 9.28. The fourth-order valence-corrected chi connectivity index (χ4v) is 3.08. The first-order chi connectivity index (χ1) is 7.09. The second kappa shape index (κ2) is 4.20. The molecule has 15 heavy (non-hydrogen) atoms. The van der Waals surface area contributed by atoms with Crippen molar-refractivity contribution in [1.82, 2.24) is 9.97 Å². The highest BCUT2D eigenvalue weighted by molar-refractivity contribution is 9.09. The molecule has 0 radical (unpaired) electrons. The summed E-state index contributed by atoms with van der Waals surface area (Å²) < 4.78 is 0. The maximum atomic E-state index is 4.12. The Morgan fingerprint density at radius 3 is 2.67 bits per heavy atom.